The summed E-state index contributed by atoms with van der Waals surface area (Å²) in [5, 5.41) is 0. The topological polar surface area (TPSA) is 75.4 Å². The lowest BCUT2D eigenvalue weighted by Gasteiger charge is -2.32. The molecule has 2 atom stereocenters. The van der Waals surface area contributed by atoms with Gasteiger partial charge in [0.25, 0.3) is 10.2 Å². The number of rotatable bonds is 7. The molecule has 2 unspecified atom stereocenters. The van der Waals surface area contributed by atoms with Gasteiger partial charge in [0.15, 0.2) is 0 Å². The summed E-state index contributed by atoms with van der Waals surface area (Å²) in [6, 6.07) is 0.0933. The van der Waals surface area contributed by atoms with Crippen molar-refractivity contribution in [1.82, 2.24) is 9.03 Å². The molecule has 1 heterocycles. The highest BCUT2D eigenvalue weighted by Gasteiger charge is 2.32. The Hall–Kier alpha value is -0.170. The second-order valence-electron chi connectivity index (χ2n) is 6.01. The molecule has 1 aliphatic heterocycles. The van der Waals surface area contributed by atoms with Gasteiger partial charge in [-0.1, -0.05) is 19.8 Å². The first kappa shape index (κ1) is 15.2. The van der Waals surface area contributed by atoms with E-state index in [1.165, 1.54) is 12.8 Å². The van der Waals surface area contributed by atoms with E-state index >= 15 is 0 Å². The van der Waals surface area contributed by atoms with E-state index in [4.69, 9.17) is 5.73 Å². The second kappa shape index (κ2) is 6.52. The van der Waals surface area contributed by atoms with Crippen LogP contribution in [0.4, 0.5) is 0 Å². The molecule has 0 aromatic heterocycles. The van der Waals surface area contributed by atoms with Gasteiger partial charge in [0.05, 0.1) is 0 Å². The van der Waals surface area contributed by atoms with Gasteiger partial charge in [-0.05, 0) is 44.1 Å². The minimum absolute atomic E-state index is 0.0933. The molecule has 2 fully saturated rings. The fraction of sp³-hybridized carbons (Fsp3) is 1.00. The summed E-state index contributed by atoms with van der Waals surface area (Å²) >= 11 is 0. The lowest BCUT2D eigenvalue weighted by molar-refractivity contribution is 0.266. The standard InChI is InChI=1S/C13H27N3O2S/c1-2-13(8-11-5-6-11)15-19(17,18)16-7-3-4-12(9-14)10-16/h11-13,15H,2-10,14H2,1H3. The van der Waals surface area contributed by atoms with Gasteiger partial charge < -0.3 is 5.73 Å². The molecule has 0 radical (unpaired) electrons. The van der Waals surface area contributed by atoms with Crippen LogP contribution in [0.2, 0.25) is 0 Å². The van der Waals surface area contributed by atoms with Crippen LogP contribution in [-0.2, 0) is 10.2 Å². The Kier molecular flexibility index (Phi) is 5.22. The zero-order valence-electron chi connectivity index (χ0n) is 11.8. The third kappa shape index (κ3) is 4.41. The molecule has 6 heteroatoms. The summed E-state index contributed by atoms with van der Waals surface area (Å²) in [5.74, 6) is 1.06. The predicted octanol–water partition coefficient (Wildman–Crippen LogP) is 1.07. The number of nitrogens with one attached hydrogen (secondary N) is 1. The third-order valence-electron chi connectivity index (χ3n) is 4.28. The van der Waals surface area contributed by atoms with Gasteiger partial charge in [-0.25, -0.2) is 0 Å². The molecule has 2 rings (SSSR count). The van der Waals surface area contributed by atoms with Crippen LogP contribution in [0.15, 0.2) is 0 Å². The van der Waals surface area contributed by atoms with Gasteiger partial charge in [0.2, 0.25) is 0 Å². The summed E-state index contributed by atoms with van der Waals surface area (Å²) in [6.45, 7) is 3.83. The van der Waals surface area contributed by atoms with Crippen molar-refractivity contribution in [3.8, 4) is 0 Å². The quantitative estimate of drug-likeness (QED) is 0.736. The molecule has 112 valence electrons. The molecular weight excluding hydrogens is 262 g/mol. The van der Waals surface area contributed by atoms with E-state index in [1.54, 1.807) is 4.31 Å². The minimum atomic E-state index is -3.33. The Labute approximate surface area is 117 Å². The highest BCUT2D eigenvalue weighted by molar-refractivity contribution is 7.87. The highest BCUT2D eigenvalue weighted by atomic mass is 32.2. The van der Waals surface area contributed by atoms with Crippen LogP contribution in [-0.4, -0.2) is 38.4 Å². The van der Waals surface area contributed by atoms with Crippen LogP contribution in [0.3, 0.4) is 0 Å². The largest absolute Gasteiger partial charge is 0.330 e. The fourth-order valence-corrected chi connectivity index (χ4v) is 4.39. The summed E-state index contributed by atoms with van der Waals surface area (Å²) in [7, 11) is -3.33. The fourth-order valence-electron chi connectivity index (χ4n) is 2.78. The molecule has 19 heavy (non-hydrogen) atoms. The van der Waals surface area contributed by atoms with Crippen molar-refractivity contribution in [2.75, 3.05) is 19.6 Å². The normalized spacial score (nSPS) is 27.4. The Balaban J connectivity index is 1.91. The molecule has 3 N–H and O–H groups in total. The summed E-state index contributed by atoms with van der Waals surface area (Å²) < 4.78 is 29.3. The van der Waals surface area contributed by atoms with Crippen molar-refractivity contribution >= 4 is 10.2 Å². The molecule has 1 saturated heterocycles. The summed E-state index contributed by atoms with van der Waals surface area (Å²) in [6.07, 6.45) is 6.34. The monoisotopic (exact) mass is 289 g/mol. The van der Waals surface area contributed by atoms with E-state index in [-0.39, 0.29) is 6.04 Å². The van der Waals surface area contributed by atoms with Crippen LogP contribution in [0.25, 0.3) is 0 Å². The first-order chi connectivity index (χ1) is 9.05. The van der Waals surface area contributed by atoms with Gasteiger partial charge in [-0.3, -0.25) is 0 Å². The lowest BCUT2D eigenvalue weighted by atomic mass is 10.0. The molecule has 0 amide bonds. The number of nitrogens with zero attached hydrogens (tertiary/aromatic N) is 1. The van der Waals surface area contributed by atoms with Crippen molar-refractivity contribution in [3.05, 3.63) is 0 Å². The van der Waals surface area contributed by atoms with Crippen LogP contribution in [0.1, 0.15) is 45.4 Å². The molecule has 0 spiro atoms. The van der Waals surface area contributed by atoms with Gasteiger partial charge in [0.1, 0.15) is 0 Å². The van der Waals surface area contributed by atoms with Gasteiger partial charge >= 0.3 is 0 Å². The first-order valence-corrected chi connectivity index (χ1v) is 8.96. The van der Waals surface area contributed by atoms with Crippen molar-refractivity contribution in [2.24, 2.45) is 17.6 Å². The average Bonchev–Trinajstić information content (AvgIpc) is 3.21. The van der Waals surface area contributed by atoms with E-state index < -0.39 is 10.2 Å². The number of nitrogens with two attached hydrogens (primary N) is 1. The molecule has 0 bridgehead atoms. The van der Waals surface area contributed by atoms with E-state index in [0.717, 1.165) is 31.6 Å². The maximum Gasteiger partial charge on any atom is 0.279 e. The van der Waals surface area contributed by atoms with Crippen LogP contribution in [0, 0.1) is 11.8 Å². The summed E-state index contributed by atoms with van der Waals surface area (Å²) in [4.78, 5) is 0. The first-order valence-electron chi connectivity index (χ1n) is 7.52. The maximum atomic E-state index is 12.4. The molecule has 0 aromatic rings. The Morgan fingerprint density at radius 1 is 1.32 bits per heavy atom. The number of hydrogen-bond donors (Lipinski definition) is 2. The van der Waals surface area contributed by atoms with Crippen molar-refractivity contribution in [3.63, 3.8) is 0 Å². The molecule has 0 aromatic carbocycles. The van der Waals surface area contributed by atoms with E-state index in [0.29, 0.717) is 25.6 Å². The summed E-state index contributed by atoms with van der Waals surface area (Å²) in [5.41, 5.74) is 5.67. The minimum Gasteiger partial charge on any atom is -0.330 e. The molecule has 5 nitrogen and oxygen atoms in total. The SMILES string of the molecule is CCC(CC1CC1)NS(=O)(=O)N1CCCC(CN)C1. The maximum absolute atomic E-state index is 12.4. The number of piperidine rings is 1. The van der Waals surface area contributed by atoms with Crippen molar-refractivity contribution in [2.45, 2.75) is 51.5 Å². The van der Waals surface area contributed by atoms with Crippen LogP contribution in [0.5, 0.6) is 0 Å². The zero-order valence-corrected chi connectivity index (χ0v) is 12.7. The molecule has 2 aliphatic rings. The molecule has 1 aliphatic carbocycles. The van der Waals surface area contributed by atoms with Gasteiger partial charge in [0, 0.05) is 19.1 Å². The van der Waals surface area contributed by atoms with Crippen LogP contribution < -0.4 is 10.5 Å². The Morgan fingerprint density at radius 2 is 2.05 bits per heavy atom. The van der Waals surface area contributed by atoms with E-state index in [1.807, 2.05) is 0 Å². The lowest BCUT2D eigenvalue weighted by Crippen LogP contribution is -2.49. The van der Waals surface area contributed by atoms with E-state index in [2.05, 4.69) is 11.6 Å². The highest BCUT2D eigenvalue weighted by Crippen LogP contribution is 2.34. The predicted molar refractivity (Wildman–Crippen MR) is 76.8 cm³/mol. The zero-order chi connectivity index (χ0) is 13.9. The van der Waals surface area contributed by atoms with E-state index in [9.17, 15) is 8.42 Å². The smallest absolute Gasteiger partial charge is 0.279 e. The third-order valence-corrected chi connectivity index (χ3v) is 5.92. The second-order valence-corrected chi connectivity index (χ2v) is 7.71. The average molecular weight is 289 g/mol. The molecule has 1 saturated carbocycles. The Morgan fingerprint density at radius 3 is 2.63 bits per heavy atom. The van der Waals surface area contributed by atoms with Crippen molar-refractivity contribution < 1.29 is 8.42 Å². The van der Waals surface area contributed by atoms with Crippen molar-refractivity contribution in [1.29, 1.82) is 0 Å². The molecular formula is C13H27N3O2S. The van der Waals surface area contributed by atoms with Crippen LogP contribution >= 0.6 is 0 Å². The van der Waals surface area contributed by atoms with Gasteiger partial charge in [-0.2, -0.15) is 17.4 Å². The number of hydrogen-bond acceptors (Lipinski definition) is 3. The Bertz CT molecular complexity index is 381. The van der Waals surface area contributed by atoms with Gasteiger partial charge in [-0.15, -0.1) is 0 Å².